The highest BCUT2D eigenvalue weighted by atomic mass is 32.2. The Morgan fingerprint density at radius 1 is 0.902 bits per heavy atom. The molecule has 2 aromatic carbocycles. The third kappa shape index (κ3) is 4.26. The Balaban J connectivity index is 1.47. The number of carbonyl (C=O) groups is 1. The van der Waals surface area contributed by atoms with E-state index in [1.54, 1.807) is 17.8 Å². The van der Waals surface area contributed by atoms with Gasteiger partial charge in [-0.25, -0.2) is 0 Å². The number of ketones is 1. The molecule has 218 valence electrons. The van der Waals surface area contributed by atoms with Crippen LogP contribution in [0.3, 0.4) is 0 Å². The molecule has 0 bridgehead atoms. The summed E-state index contributed by atoms with van der Waals surface area (Å²) >= 11 is 1.65. The maximum absolute atomic E-state index is 15.2. The van der Waals surface area contributed by atoms with Crippen molar-refractivity contribution in [3.05, 3.63) is 76.9 Å². The summed E-state index contributed by atoms with van der Waals surface area (Å²) in [6.45, 7) is 1.45. The molecular weight excluding hydrogens is 555 g/mol. The summed E-state index contributed by atoms with van der Waals surface area (Å²) in [5.41, 5.74) is 1.11. The molecule has 8 heteroatoms. The molecule has 5 atom stereocenters. The molecule has 4 aliphatic carbocycles. The first kappa shape index (κ1) is 28.7. The Morgan fingerprint density at radius 3 is 2.15 bits per heavy atom. The second-order valence-electron chi connectivity index (χ2n) is 12.3. The van der Waals surface area contributed by atoms with E-state index in [0.717, 1.165) is 38.3 Å². The van der Waals surface area contributed by atoms with Gasteiger partial charge in [-0.3, -0.25) is 4.79 Å². The summed E-state index contributed by atoms with van der Waals surface area (Å²) in [6, 6.07) is 16.0. The zero-order chi connectivity index (χ0) is 29.4. The van der Waals surface area contributed by atoms with Crippen LogP contribution in [-0.2, 0) is 4.79 Å². The second-order valence-corrected chi connectivity index (χ2v) is 13.2. The van der Waals surface area contributed by atoms with Crippen molar-refractivity contribution in [2.24, 2.45) is 17.3 Å². The lowest BCUT2D eigenvalue weighted by molar-refractivity contribution is -0.362. The van der Waals surface area contributed by atoms with Gasteiger partial charge < -0.3 is 5.11 Å². The molecule has 41 heavy (non-hydrogen) atoms. The number of rotatable bonds is 4. The van der Waals surface area contributed by atoms with Crippen LogP contribution < -0.4 is 0 Å². The van der Waals surface area contributed by atoms with Gasteiger partial charge in [-0.05, 0) is 103 Å². The van der Waals surface area contributed by atoms with E-state index in [1.807, 2.05) is 54.8 Å². The van der Waals surface area contributed by atoms with Crippen LogP contribution in [0.5, 0.6) is 0 Å². The van der Waals surface area contributed by atoms with Crippen molar-refractivity contribution in [3.63, 3.8) is 0 Å². The number of thioether (sulfide) groups is 1. The number of fused-ring (bicyclic) bond motifs is 4. The van der Waals surface area contributed by atoms with E-state index in [4.69, 9.17) is 0 Å². The summed E-state index contributed by atoms with van der Waals surface area (Å²) < 4.78 is 71.6. The van der Waals surface area contributed by atoms with Gasteiger partial charge in [0.1, 0.15) is 5.60 Å². The quantitative estimate of drug-likeness (QED) is 0.286. The van der Waals surface area contributed by atoms with Crippen LogP contribution in [0.1, 0.15) is 63.4 Å². The fraction of sp³-hybridized carbons (Fsp3) is 0.485. The fourth-order valence-electron chi connectivity index (χ4n) is 8.41. The number of allylic oxidation sites excluding steroid dienone is 4. The van der Waals surface area contributed by atoms with Gasteiger partial charge in [0, 0.05) is 22.6 Å². The van der Waals surface area contributed by atoms with E-state index >= 15 is 8.78 Å². The van der Waals surface area contributed by atoms with E-state index in [9.17, 15) is 23.1 Å². The van der Waals surface area contributed by atoms with Crippen LogP contribution in [0.25, 0.3) is 11.1 Å². The van der Waals surface area contributed by atoms with Crippen LogP contribution >= 0.6 is 11.8 Å². The zero-order valence-corrected chi connectivity index (χ0v) is 23.8. The highest BCUT2D eigenvalue weighted by Crippen LogP contribution is 2.70. The molecule has 1 N–H and O–H groups in total. The zero-order valence-electron chi connectivity index (χ0n) is 23.0. The third-order valence-electron chi connectivity index (χ3n) is 10.5. The number of aliphatic hydroxyl groups is 1. The summed E-state index contributed by atoms with van der Waals surface area (Å²) in [7, 11) is 0. The summed E-state index contributed by atoms with van der Waals surface area (Å²) in [5.74, 6) is -6.34. The molecular formula is C33H33F5O2S. The van der Waals surface area contributed by atoms with Crippen LogP contribution in [0.4, 0.5) is 22.0 Å². The first-order valence-electron chi connectivity index (χ1n) is 14.2. The molecule has 2 saturated carbocycles. The van der Waals surface area contributed by atoms with Crippen molar-refractivity contribution in [3.8, 4) is 11.1 Å². The summed E-state index contributed by atoms with van der Waals surface area (Å²) in [4.78, 5) is 13.4. The first-order chi connectivity index (χ1) is 19.3. The summed E-state index contributed by atoms with van der Waals surface area (Å²) in [5, 5.41) is 11.4. The predicted octanol–water partition coefficient (Wildman–Crippen LogP) is 8.90. The molecule has 0 aromatic heterocycles. The maximum atomic E-state index is 15.2. The molecule has 0 spiro atoms. The lowest BCUT2D eigenvalue weighted by atomic mass is 9.50. The van der Waals surface area contributed by atoms with E-state index in [1.165, 1.54) is 6.92 Å². The van der Waals surface area contributed by atoms with E-state index < -0.39 is 41.4 Å². The van der Waals surface area contributed by atoms with Gasteiger partial charge in [0.2, 0.25) is 0 Å². The Bertz CT molecular complexity index is 1430. The normalized spacial score (nSPS) is 31.9. The minimum absolute atomic E-state index is 0.0157. The average molecular weight is 589 g/mol. The highest BCUT2D eigenvalue weighted by Gasteiger charge is 2.79. The van der Waals surface area contributed by atoms with Crippen LogP contribution in [0.15, 0.2) is 76.2 Å². The van der Waals surface area contributed by atoms with E-state index in [-0.39, 0.29) is 24.5 Å². The Labute approximate surface area is 241 Å². The van der Waals surface area contributed by atoms with Gasteiger partial charge in [-0.15, -0.1) is 11.8 Å². The molecule has 2 unspecified atom stereocenters. The topological polar surface area (TPSA) is 37.3 Å². The first-order valence-corrected chi connectivity index (χ1v) is 15.4. The monoisotopic (exact) mass is 588 g/mol. The highest BCUT2D eigenvalue weighted by molar-refractivity contribution is 7.98. The van der Waals surface area contributed by atoms with Gasteiger partial charge in [0.25, 0.3) is 0 Å². The number of hydrogen-bond acceptors (Lipinski definition) is 3. The van der Waals surface area contributed by atoms with Crippen molar-refractivity contribution >= 4 is 17.5 Å². The molecule has 0 amide bonds. The lowest BCUT2D eigenvalue weighted by Crippen LogP contribution is -2.65. The van der Waals surface area contributed by atoms with Crippen molar-refractivity contribution in [1.29, 1.82) is 0 Å². The van der Waals surface area contributed by atoms with E-state index in [2.05, 4.69) is 0 Å². The van der Waals surface area contributed by atoms with Crippen molar-refractivity contribution in [1.82, 2.24) is 0 Å². The Kier molecular flexibility index (Phi) is 6.85. The maximum Gasteiger partial charge on any atom is 0.456 e. The van der Waals surface area contributed by atoms with Gasteiger partial charge >= 0.3 is 12.1 Å². The number of hydrogen-bond donors (Lipinski definition) is 1. The van der Waals surface area contributed by atoms with Crippen LogP contribution in [-0.4, -0.2) is 34.8 Å². The minimum atomic E-state index is -5.85. The SMILES string of the molecule is CSc1ccc(-c2ccc([C@H]3C[C@@]4(C)C(CC[C@@]4(O)C(F)(F)C(F)(F)F)C4CCC5=CC(=O)CCC5=C43)cc2)cc1. The molecule has 2 aromatic rings. The Morgan fingerprint density at radius 2 is 1.54 bits per heavy atom. The smallest absolute Gasteiger partial charge is 0.383 e. The minimum Gasteiger partial charge on any atom is -0.383 e. The average Bonchev–Trinajstić information content (AvgIpc) is 3.23. The third-order valence-corrected chi connectivity index (χ3v) is 11.2. The predicted molar refractivity (Wildman–Crippen MR) is 150 cm³/mol. The van der Waals surface area contributed by atoms with Gasteiger partial charge in [-0.1, -0.05) is 48.9 Å². The number of alkyl halides is 5. The molecule has 2 nitrogen and oxygen atoms in total. The Hall–Kier alpha value is -2.45. The number of halogens is 5. The van der Waals surface area contributed by atoms with Gasteiger partial charge in [0.05, 0.1) is 0 Å². The van der Waals surface area contributed by atoms with Crippen molar-refractivity contribution in [2.45, 2.75) is 80.4 Å². The largest absolute Gasteiger partial charge is 0.456 e. The van der Waals surface area contributed by atoms with Gasteiger partial charge in [-0.2, -0.15) is 22.0 Å². The van der Waals surface area contributed by atoms with Crippen molar-refractivity contribution in [2.75, 3.05) is 6.26 Å². The molecule has 0 heterocycles. The van der Waals surface area contributed by atoms with Crippen LogP contribution in [0, 0.1) is 17.3 Å². The van der Waals surface area contributed by atoms with E-state index in [0.29, 0.717) is 25.7 Å². The molecule has 0 radical (unpaired) electrons. The van der Waals surface area contributed by atoms with Crippen LogP contribution in [0.2, 0.25) is 0 Å². The molecule has 4 aliphatic rings. The van der Waals surface area contributed by atoms with Gasteiger partial charge in [0.15, 0.2) is 5.78 Å². The van der Waals surface area contributed by atoms with Crippen molar-refractivity contribution < 1.29 is 31.9 Å². The number of benzene rings is 2. The molecule has 2 fully saturated rings. The number of carbonyl (C=O) groups excluding carboxylic acids is 1. The summed E-state index contributed by atoms with van der Waals surface area (Å²) in [6.07, 6.45) is -0.580. The standard InChI is InChI=1S/C33H33F5O2S/c1-30-18-27(21-5-3-19(4-6-21)20-7-11-24(41-2)12-8-20)29-25-14-10-23(39)17-22(25)9-13-26(29)28(30)15-16-31(30,40)32(34,35)33(36,37)38/h3-8,11-12,17,26-28,40H,9-10,13-16,18H2,1-2H3/t26?,27-,28?,30+,31+/m1/s1. The molecule has 0 aliphatic heterocycles. The fourth-order valence-corrected chi connectivity index (χ4v) is 8.81. The molecule has 6 rings (SSSR count). The second kappa shape index (κ2) is 9.80. The lowest BCUT2D eigenvalue weighted by Gasteiger charge is -2.56. The molecule has 0 saturated heterocycles.